The number of halogens is 1. The highest BCUT2D eigenvalue weighted by Crippen LogP contribution is 2.34. The Kier molecular flexibility index (Phi) is 1.98. The molecule has 0 unspecified atom stereocenters. The zero-order chi connectivity index (χ0) is 10.1. The van der Waals surface area contributed by atoms with Crippen LogP contribution in [0.5, 0.6) is 11.5 Å². The quantitative estimate of drug-likeness (QED) is 0.664. The Morgan fingerprint density at radius 2 is 2.36 bits per heavy atom. The molecule has 0 aromatic heterocycles. The van der Waals surface area contributed by atoms with E-state index in [1.54, 1.807) is 6.07 Å². The second-order valence-electron chi connectivity index (χ2n) is 2.78. The lowest BCUT2D eigenvalue weighted by molar-refractivity contribution is -0.0684. The summed E-state index contributed by atoms with van der Waals surface area (Å²) in [6.45, 7) is -0.115. The molecule has 0 radical (unpaired) electrons. The van der Waals surface area contributed by atoms with Crippen molar-refractivity contribution in [3.05, 3.63) is 23.5 Å². The van der Waals surface area contributed by atoms with Crippen molar-refractivity contribution in [3.63, 3.8) is 0 Å². The van der Waals surface area contributed by atoms with E-state index in [1.165, 1.54) is 6.07 Å². The summed E-state index contributed by atoms with van der Waals surface area (Å²) in [7, 11) is 0. The van der Waals surface area contributed by atoms with Crippen LogP contribution in [0.25, 0.3) is 0 Å². The molecule has 2 rings (SSSR count). The van der Waals surface area contributed by atoms with E-state index in [2.05, 4.69) is 0 Å². The lowest BCUT2D eigenvalue weighted by Gasteiger charge is -2.22. The third kappa shape index (κ3) is 1.36. The van der Waals surface area contributed by atoms with Crippen LogP contribution >= 0.6 is 0 Å². The molecule has 0 fully saturated rings. The van der Waals surface area contributed by atoms with Gasteiger partial charge in [0.1, 0.15) is 0 Å². The smallest absolute Gasteiger partial charge is 0.232 e. The average molecular weight is 195 g/mol. The van der Waals surface area contributed by atoms with Gasteiger partial charge in [0.15, 0.2) is 23.9 Å². The average Bonchev–Trinajstić information content (AvgIpc) is 2.16. The van der Waals surface area contributed by atoms with Crippen LogP contribution < -0.4 is 9.47 Å². The summed E-state index contributed by atoms with van der Waals surface area (Å²) in [5.41, 5.74) is 0.124. The molecule has 4 nitrogen and oxygen atoms in total. The van der Waals surface area contributed by atoms with Gasteiger partial charge in [-0.1, -0.05) is 0 Å². The van der Waals surface area contributed by atoms with Crippen LogP contribution in [0.2, 0.25) is 0 Å². The largest absolute Gasteiger partial charge is 0.480 e. The lowest BCUT2D eigenvalue weighted by atomic mass is 10.2. The first-order valence-electron chi connectivity index (χ1n) is 3.92. The summed E-state index contributed by atoms with van der Waals surface area (Å²) in [6.07, 6.45) is -1.11. The highest BCUT2D eigenvalue weighted by molar-refractivity contribution is 5.48. The van der Waals surface area contributed by atoms with Gasteiger partial charge in [-0.25, -0.2) is 4.39 Å². The Bertz CT molecular complexity index is 413. The maximum atomic E-state index is 13.2. The number of rotatable bonds is 0. The van der Waals surface area contributed by atoms with Crippen molar-refractivity contribution in [2.75, 3.05) is 6.61 Å². The minimum absolute atomic E-state index is 0.0558. The Hall–Kier alpha value is -1.80. The van der Waals surface area contributed by atoms with Gasteiger partial charge in [-0.05, 0) is 6.07 Å². The Balaban J connectivity index is 2.50. The maximum Gasteiger partial charge on any atom is 0.232 e. The fraction of sp³-hybridized carbons (Fsp3) is 0.222. The van der Waals surface area contributed by atoms with Crippen LogP contribution in [0, 0.1) is 17.1 Å². The van der Waals surface area contributed by atoms with Gasteiger partial charge < -0.3 is 14.6 Å². The van der Waals surface area contributed by atoms with E-state index in [0.29, 0.717) is 0 Å². The normalized spacial score (nSPS) is 18.8. The second kappa shape index (κ2) is 3.16. The third-order valence-corrected chi connectivity index (χ3v) is 1.77. The molecule has 1 heterocycles. The van der Waals surface area contributed by atoms with Crippen molar-refractivity contribution in [3.8, 4) is 17.6 Å². The van der Waals surface area contributed by atoms with E-state index < -0.39 is 12.1 Å². The Labute approximate surface area is 79.1 Å². The van der Waals surface area contributed by atoms with E-state index in [9.17, 15) is 4.39 Å². The summed E-state index contributed by atoms with van der Waals surface area (Å²) >= 11 is 0. The van der Waals surface area contributed by atoms with Gasteiger partial charge >= 0.3 is 0 Å². The highest BCUT2D eigenvalue weighted by Gasteiger charge is 2.22. The fourth-order valence-corrected chi connectivity index (χ4v) is 1.20. The molecule has 1 aromatic rings. The molecule has 1 aromatic carbocycles. The maximum absolute atomic E-state index is 13.2. The predicted molar refractivity (Wildman–Crippen MR) is 43.2 cm³/mol. The van der Waals surface area contributed by atoms with Crippen LogP contribution in [0.15, 0.2) is 12.1 Å². The molecule has 0 amide bonds. The zero-order valence-electron chi connectivity index (χ0n) is 7.03. The Morgan fingerprint density at radius 3 is 3.07 bits per heavy atom. The number of aliphatic hydroxyl groups is 1. The number of hydrogen-bond acceptors (Lipinski definition) is 4. The molecule has 1 N–H and O–H groups in total. The standard InChI is InChI=1S/C9H6FNO3/c10-6-1-5(3-11)2-7-9(6)13-4-8(12)14-7/h1-2,8,12H,4H2/t8-/m1/s1. The van der Waals surface area contributed by atoms with Gasteiger partial charge in [0.05, 0.1) is 11.6 Å². The second-order valence-corrected chi connectivity index (χ2v) is 2.78. The number of benzene rings is 1. The predicted octanol–water partition coefficient (Wildman–Crippen LogP) is 0.787. The van der Waals surface area contributed by atoms with Gasteiger partial charge in [0.25, 0.3) is 0 Å². The topological polar surface area (TPSA) is 62.5 Å². The molecule has 1 atom stereocenters. The van der Waals surface area contributed by atoms with Crippen LogP contribution in [-0.4, -0.2) is 18.0 Å². The molecule has 0 aliphatic carbocycles. The molecule has 0 spiro atoms. The molecule has 1 aliphatic heterocycles. The minimum Gasteiger partial charge on any atom is -0.480 e. The monoisotopic (exact) mass is 195 g/mol. The van der Waals surface area contributed by atoms with Crippen molar-refractivity contribution in [1.29, 1.82) is 5.26 Å². The number of nitriles is 1. The first-order valence-corrected chi connectivity index (χ1v) is 3.92. The first-order chi connectivity index (χ1) is 6.70. The minimum atomic E-state index is -1.11. The van der Waals surface area contributed by atoms with E-state index in [1.807, 2.05) is 0 Å². The van der Waals surface area contributed by atoms with E-state index >= 15 is 0 Å². The zero-order valence-corrected chi connectivity index (χ0v) is 7.03. The van der Waals surface area contributed by atoms with E-state index in [-0.39, 0.29) is 23.7 Å². The molecule has 0 bridgehead atoms. The van der Waals surface area contributed by atoms with Crippen molar-refractivity contribution in [2.45, 2.75) is 6.29 Å². The van der Waals surface area contributed by atoms with Crippen molar-refractivity contribution < 1.29 is 19.0 Å². The van der Waals surface area contributed by atoms with Gasteiger partial charge in [-0.3, -0.25) is 0 Å². The summed E-state index contributed by atoms with van der Waals surface area (Å²) in [5.74, 6) is -0.666. The lowest BCUT2D eigenvalue weighted by Crippen LogP contribution is -2.28. The number of fused-ring (bicyclic) bond motifs is 1. The summed E-state index contributed by atoms with van der Waals surface area (Å²) in [6, 6.07) is 4.15. The summed E-state index contributed by atoms with van der Waals surface area (Å²) in [4.78, 5) is 0. The molecule has 72 valence electrons. The highest BCUT2D eigenvalue weighted by atomic mass is 19.1. The third-order valence-electron chi connectivity index (χ3n) is 1.77. The van der Waals surface area contributed by atoms with Crippen LogP contribution in [0.4, 0.5) is 4.39 Å². The van der Waals surface area contributed by atoms with Gasteiger partial charge in [-0.2, -0.15) is 5.26 Å². The van der Waals surface area contributed by atoms with Crippen LogP contribution in [0.1, 0.15) is 5.56 Å². The fourth-order valence-electron chi connectivity index (χ4n) is 1.20. The Morgan fingerprint density at radius 1 is 1.57 bits per heavy atom. The molecule has 14 heavy (non-hydrogen) atoms. The van der Waals surface area contributed by atoms with Gasteiger partial charge in [0, 0.05) is 6.07 Å². The van der Waals surface area contributed by atoms with Crippen molar-refractivity contribution in [2.24, 2.45) is 0 Å². The first kappa shape index (κ1) is 8.78. The molecular formula is C9H6FNO3. The number of hydrogen-bond donors (Lipinski definition) is 1. The molecule has 1 aliphatic rings. The molecule has 0 saturated carbocycles. The van der Waals surface area contributed by atoms with Crippen LogP contribution in [0.3, 0.4) is 0 Å². The van der Waals surface area contributed by atoms with Crippen molar-refractivity contribution >= 4 is 0 Å². The van der Waals surface area contributed by atoms with E-state index in [4.69, 9.17) is 19.8 Å². The summed E-state index contributed by atoms with van der Waals surface area (Å²) < 4.78 is 23.0. The number of ether oxygens (including phenoxy) is 2. The van der Waals surface area contributed by atoms with Gasteiger partial charge in [-0.15, -0.1) is 0 Å². The number of nitrogens with zero attached hydrogens (tertiary/aromatic N) is 1. The molecular weight excluding hydrogens is 189 g/mol. The van der Waals surface area contributed by atoms with E-state index in [0.717, 1.165) is 6.07 Å². The van der Waals surface area contributed by atoms with Crippen LogP contribution in [-0.2, 0) is 0 Å². The summed E-state index contributed by atoms with van der Waals surface area (Å²) in [5, 5.41) is 17.6. The molecule has 5 heteroatoms. The van der Waals surface area contributed by atoms with Gasteiger partial charge in [0.2, 0.25) is 6.29 Å². The SMILES string of the molecule is N#Cc1cc(F)c2c(c1)O[C@@H](O)CO2. The van der Waals surface area contributed by atoms with Crippen molar-refractivity contribution in [1.82, 2.24) is 0 Å². The number of aliphatic hydroxyl groups excluding tert-OH is 1. The molecule has 0 saturated heterocycles.